The van der Waals surface area contributed by atoms with Crippen LogP contribution < -0.4 is 5.32 Å². The molecule has 1 unspecified atom stereocenters. The Hall–Kier alpha value is -0.800. The Morgan fingerprint density at radius 2 is 2.33 bits per heavy atom. The zero-order valence-electron chi connectivity index (χ0n) is 10.9. The van der Waals surface area contributed by atoms with Gasteiger partial charge in [0.15, 0.2) is 0 Å². The summed E-state index contributed by atoms with van der Waals surface area (Å²) in [5, 5.41) is 5.90. The lowest BCUT2D eigenvalue weighted by atomic mass is 9.96. The molecule has 0 aromatic carbocycles. The smallest absolute Gasteiger partial charge is 0.0885 e. The van der Waals surface area contributed by atoms with Crippen LogP contribution in [0.3, 0.4) is 0 Å². The van der Waals surface area contributed by atoms with Crippen LogP contribution in [0.25, 0.3) is 0 Å². The first kappa shape index (κ1) is 13.6. The van der Waals surface area contributed by atoms with E-state index in [1.807, 2.05) is 11.3 Å². The molecule has 0 radical (unpaired) electrons. The van der Waals surface area contributed by atoms with Gasteiger partial charge in [0.1, 0.15) is 0 Å². The molecule has 18 heavy (non-hydrogen) atoms. The van der Waals surface area contributed by atoms with Crippen molar-refractivity contribution in [3.63, 3.8) is 0 Å². The second-order valence-electron chi connectivity index (χ2n) is 4.88. The highest BCUT2D eigenvalue weighted by Crippen LogP contribution is 2.37. The standard InChI is InChI=1S/C15H23NOS/c1-2-17-11-6-10-16-15(13-7-3-4-8-13)14-9-5-12-18-14/h2,5,9,12-13,15-16H,1,3-4,6-8,10-11H2. The van der Waals surface area contributed by atoms with E-state index in [0.717, 1.165) is 25.5 Å². The number of thiophene rings is 1. The zero-order valence-corrected chi connectivity index (χ0v) is 11.8. The van der Waals surface area contributed by atoms with E-state index in [0.29, 0.717) is 6.04 Å². The number of hydrogen-bond donors (Lipinski definition) is 1. The number of nitrogens with one attached hydrogen (secondary N) is 1. The zero-order chi connectivity index (χ0) is 12.6. The molecule has 2 rings (SSSR count). The molecule has 1 N–H and O–H groups in total. The first-order valence-corrected chi connectivity index (χ1v) is 7.79. The van der Waals surface area contributed by atoms with E-state index in [1.165, 1.54) is 36.8 Å². The van der Waals surface area contributed by atoms with Gasteiger partial charge in [-0.05, 0) is 43.2 Å². The summed E-state index contributed by atoms with van der Waals surface area (Å²) in [5.74, 6) is 0.823. The van der Waals surface area contributed by atoms with Gasteiger partial charge in [-0.1, -0.05) is 25.5 Å². The first-order valence-electron chi connectivity index (χ1n) is 6.91. The van der Waals surface area contributed by atoms with Crippen LogP contribution in [0.2, 0.25) is 0 Å². The third-order valence-electron chi connectivity index (χ3n) is 3.64. The first-order chi connectivity index (χ1) is 8.92. The van der Waals surface area contributed by atoms with Crippen LogP contribution in [-0.2, 0) is 4.74 Å². The lowest BCUT2D eigenvalue weighted by Crippen LogP contribution is -2.27. The Morgan fingerprint density at radius 1 is 1.50 bits per heavy atom. The van der Waals surface area contributed by atoms with Gasteiger partial charge in [0, 0.05) is 10.9 Å². The highest BCUT2D eigenvalue weighted by Gasteiger charge is 2.26. The summed E-state index contributed by atoms with van der Waals surface area (Å²) in [6.45, 7) is 5.34. The Balaban J connectivity index is 1.83. The summed E-state index contributed by atoms with van der Waals surface area (Å²) in [7, 11) is 0. The molecule has 1 aliphatic carbocycles. The molecule has 0 bridgehead atoms. The molecule has 1 aromatic heterocycles. The Bertz CT molecular complexity index is 330. The Kier molecular flexibility index (Phi) is 5.75. The average molecular weight is 265 g/mol. The van der Waals surface area contributed by atoms with Crippen molar-refractivity contribution in [2.75, 3.05) is 13.2 Å². The second-order valence-corrected chi connectivity index (χ2v) is 5.86. The van der Waals surface area contributed by atoms with Crippen molar-refractivity contribution in [1.29, 1.82) is 0 Å². The van der Waals surface area contributed by atoms with E-state index < -0.39 is 0 Å². The lowest BCUT2D eigenvalue weighted by molar-refractivity contribution is 0.239. The summed E-state index contributed by atoms with van der Waals surface area (Å²) < 4.78 is 5.16. The van der Waals surface area contributed by atoms with Gasteiger partial charge >= 0.3 is 0 Å². The minimum atomic E-state index is 0.552. The van der Waals surface area contributed by atoms with Gasteiger partial charge in [-0.3, -0.25) is 0 Å². The molecule has 1 heterocycles. The molecule has 0 aliphatic heterocycles. The van der Waals surface area contributed by atoms with Crippen LogP contribution in [-0.4, -0.2) is 13.2 Å². The fourth-order valence-electron chi connectivity index (χ4n) is 2.75. The fraction of sp³-hybridized carbons (Fsp3) is 0.600. The van der Waals surface area contributed by atoms with E-state index >= 15 is 0 Å². The molecule has 1 atom stereocenters. The van der Waals surface area contributed by atoms with Gasteiger partial charge < -0.3 is 10.1 Å². The molecule has 0 spiro atoms. The topological polar surface area (TPSA) is 21.3 Å². The summed E-state index contributed by atoms with van der Waals surface area (Å²) in [6, 6.07) is 4.97. The van der Waals surface area contributed by atoms with Crippen molar-refractivity contribution < 1.29 is 4.74 Å². The van der Waals surface area contributed by atoms with Crippen molar-refractivity contribution in [2.24, 2.45) is 5.92 Å². The van der Waals surface area contributed by atoms with E-state index in [9.17, 15) is 0 Å². The van der Waals surface area contributed by atoms with Crippen molar-refractivity contribution in [2.45, 2.75) is 38.1 Å². The molecule has 3 heteroatoms. The average Bonchev–Trinajstić information content (AvgIpc) is 3.06. The molecule has 100 valence electrons. The largest absolute Gasteiger partial charge is 0.502 e. The third kappa shape index (κ3) is 3.85. The molecular weight excluding hydrogens is 242 g/mol. The fourth-order valence-corrected chi connectivity index (χ4v) is 3.65. The maximum Gasteiger partial charge on any atom is 0.0885 e. The van der Waals surface area contributed by atoms with Gasteiger partial charge in [0.05, 0.1) is 12.9 Å². The second kappa shape index (κ2) is 7.59. The van der Waals surface area contributed by atoms with Crippen LogP contribution in [0.4, 0.5) is 0 Å². The summed E-state index contributed by atoms with van der Waals surface area (Å²) in [4.78, 5) is 1.49. The number of rotatable bonds is 8. The minimum Gasteiger partial charge on any atom is -0.502 e. The van der Waals surface area contributed by atoms with Crippen LogP contribution in [0.15, 0.2) is 30.4 Å². The molecule has 1 aliphatic rings. The van der Waals surface area contributed by atoms with E-state index in [2.05, 4.69) is 29.4 Å². The molecule has 1 aromatic rings. The van der Waals surface area contributed by atoms with Gasteiger partial charge in [-0.25, -0.2) is 0 Å². The van der Waals surface area contributed by atoms with Gasteiger partial charge in [-0.2, -0.15) is 0 Å². The summed E-state index contributed by atoms with van der Waals surface area (Å²) in [5.41, 5.74) is 0. The van der Waals surface area contributed by atoms with Crippen molar-refractivity contribution >= 4 is 11.3 Å². The van der Waals surface area contributed by atoms with Gasteiger partial charge in [0.25, 0.3) is 0 Å². The highest BCUT2D eigenvalue weighted by atomic mass is 32.1. The van der Waals surface area contributed by atoms with Gasteiger partial charge in [-0.15, -0.1) is 11.3 Å². The van der Waals surface area contributed by atoms with E-state index in [1.54, 1.807) is 0 Å². The van der Waals surface area contributed by atoms with Crippen molar-refractivity contribution in [3.05, 3.63) is 35.2 Å². The predicted octanol–water partition coefficient (Wildman–Crippen LogP) is 4.12. The molecule has 0 amide bonds. The molecule has 1 fully saturated rings. The normalized spacial score (nSPS) is 17.8. The van der Waals surface area contributed by atoms with Crippen molar-refractivity contribution in [1.82, 2.24) is 5.32 Å². The van der Waals surface area contributed by atoms with Gasteiger partial charge in [0.2, 0.25) is 0 Å². The summed E-state index contributed by atoms with van der Waals surface area (Å²) in [6.07, 6.45) is 8.10. The monoisotopic (exact) mass is 265 g/mol. The maximum absolute atomic E-state index is 5.16. The Labute approximate surface area is 114 Å². The van der Waals surface area contributed by atoms with E-state index in [4.69, 9.17) is 4.74 Å². The van der Waals surface area contributed by atoms with Crippen molar-refractivity contribution in [3.8, 4) is 0 Å². The van der Waals surface area contributed by atoms with Crippen LogP contribution in [0.5, 0.6) is 0 Å². The number of ether oxygens (including phenoxy) is 1. The maximum atomic E-state index is 5.16. The molecular formula is C15H23NOS. The van der Waals surface area contributed by atoms with Crippen LogP contribution in [0, 0.1) is 5.92 Å². The number of hydrogen-bond acceptors (Lipinski definition) is 3. The predicted molar refractivity (Wildman–Crippen MR) is 77.8 cm³/mol. The lowest BCUT2D eigenvalue weighted by Gasteiger charge is -2.23. The molecule has 1 saturated carbocycles. The van der Waals surface area contributed by atoms with Crippen LogP contribution >= 0.6 is 11.3 Å². The minimum absolute atomic E-state index is 0.552. The highest BCUT2D eigenvalue weighted by molar-refractivity contribution is 7.10. The Morgan fingerprint density at radius 3 is 3.00 bits per heavy atom. The third-order valence-corrected chi connectivity index (χ3v) is 4.60. The van der Waals surface area contributed by atoms with E-state index in [-0.39, 0.29) is 0 Å². The summed E-state index contributed by atoms with van der Waals surface area (Å²) >= 11 is 1.88. The van der Waals surface area contributed by atoms with Crippen LogP contribution in [0.1, 0.15) is 43.0 Å². The SMILES string of the molecule is C=COCCCNC(c1cccs1)C1CCCC1. The quantitative estimate of drug-likeness (QED) is 0.564. The molecule has 2 nitrogen and oxygen atoms in total. The molecule has 0 saturated heterocycles.